The molecule has 2 heterocycles. The topological polar surface area (TPSA) is 68.8 Å². The molecule has 3 N–H and O–H groups in total. The second-order valence-corrected chi connectivity index (χ2v) is 7.74. The van der Waals surface area contributed by atoms with Crippen molar-refractivity contribution in [1.29, 1.82) is 0 Å². The third-order valence-corrected chi connectivity index (χ3v) is 5.67. The number of likely N-dealkylation sites (tertiary alicyclic amines) is 1. The highest BCUT2D eigenvalue weighted by Crippen LogP contribution is 2.27. The van der Waals surface area contributed by atoms with E-state index in [0.717, 1.165) is 31.9 Å². The number of nitrogens with one attached hydrogen (secondary N) is 3. The maximum Gasteiger partial charge on any atom is 0.246 e. The molecule has 1 aromatic carbocycles. The molecule has 0 radical (unpaired) electrons. The number of carbonyl (C=O) groups is 1. The summed E-state index contributed by atoms with van der Waals surface area (Å²) in [6.07, 6.45) is 2.52. The Labute approximate surface area is 171 Å². The summed E-state index contributed by atoms with van der Waals surface area (Å²) in [5.41, 5.74) is 0.785. The van der Waals surface area contributed by atoms with Crippen molar-refractivity contribution in [2.45, 2.75) is 25.8 Å². The summed E-state index contributed by atoms with van der Waals surface area (Å²) < 4.78 is 0. The molecule has 150 valence electrons. The highest BCUT2D eigenvalue weighted by molar-refractivity contribution is 7.10. The molecule has 0 aliphatic carbocycles. The minimum Gasteiger partial charge on any atom is -0.357 e. The first-order chi connectivity index (χ1) is 13.8. The number of hydrogen-bond donors (Lipinski definition) is 3. The Bertz CT molecular complexity index is 741. The number of nitrogens with zero attached hydrogens (tertiary/aromatic N) is 2. The van der Waals surface area contributed by atoms with Crippen molar-refractivity contribution in [1.82, 2.24) is 15.5 Å². The Morgan fingerprint density at radius 1 is 1.14 bits per heavy atom. The predicted molar refractivity (Wildman–Crippen MR) is 117 cm³/mol. The van der Waals surface area contributed by atoms with Crippen molar-refractivity contribution < 1.29 is 4.79 Å². The van der Waals surface area contributed by atoms with Gasteiger partial charge in [0.1, 0.15) is 6.54 Å². The summed E-state index contributed by atoms with van der Waals surface area (Å²) in [6, 6.07) is 14.1. The highest BCUT2D eigenvalue weighted by Gasteiger charge is 2.24. The van der Waals surface area contributed by atoms with Gasteiger partial charge in [0.15, 0.2) is 5.96 Å². The third-order valence-electron chi connectivity index (χ3n) is 4.70. The first-order valence-corrected chi connectivity index (χ1v) is 10.8. The minimum absolute atomic E-state index is 0.0810. The van der Waals surface area contributed by atoms with E-state index in [9.17, 15) is 4.79 Å². The molecule has 0 spiro atoms. The van der Waals surface area contributed by atoms with Crippen molar-refractivity contribution in [2.24, 2.45) is 4.99 Å². The maximum absolute atomic E-state index is 12.2. The molecule has 28 heavy (non-hydrogen) atoms. The van der Waals surface area contributed by atoms with Gasteiger partial charge < -0.3 is 16.0 Å². The number of amides is 1. The zero-order chi connectivity index (χ0) is 19.6. The van der Waals surface area contributed by atoms with Crippen LogP contribution in [0.3, 0.4) is 0 Å². The first kappa shape index (κ1) is 20.4. The molecule has 1 fully saturated rings. The quantitative estimate of drug-likeness (QED) is 0.471. The van der Waals surface area contributed by atoms with Gasteiger partial charge in [-0.05, 0) is 56.4 Å². The van der Waals surface area contributed by atoms with Crippen LogP contribution in [-0.2, 0) is 4.79 Å². The van der Waals surface area contributed by atoms with Gasteiger partial charge >= 0.3 is 0 Å². The molecule has 2 aromatic rings. The summed E-state index contributed by atoms with van der Waals surface area (Å²) >= 11 is 1.80. The fourth-order valence-electron chi connectivity index (χ4n) is 3.35. The van der Waals surface area contributed by atoms with Gasteiger partial charge in [0.05, 0.1) is 6.04 Å². The van der Waals surface area contributed by atoms with Crippen molar-refractivity contribution in [3.63, 3.8) is 0 Å². The van der Waals surface area contributed by atoms with Gasteiger partial charge in [-0.2, -0.15) is 0 Å². The van der Waals surface area contributed by atoms with E-state index in [0.29, 0.717) is 12.0 Å². The lowest BCUT2D eigenvalue weighted by atomic mass is 10.2. The second-order valence-electron chi connectivity index (χ2n) is 6.76. The molecule has 0 bridgehead atoms. The first-order valence-electron chi connectivity index (χ1n) is 9.91. The second kappa shape index (κ2) is 10.8. The van der Waals surface area contributed by atoms with Crippen LogP contribution in [0.2, 0.25) is 0 Å². The Morgan fingerprint density at radius 2 is 1.93 bits per heavy atom. The lowest BCUT2D eigenvalue weighted by molar-refractivity contribution is -0.114. The van der Waals surface area contributed by atoms with Crippen LogP contribution in [0, 0.1) is 0 Å². The standard InChI is InChI=1S/C21H29N5OS/c1-2-22-21(24-16-20(27)25-17-9-4-3-5-10-17)23-15-18(19-11-8-14-28-19)26-12-6-7-13-26/h3-5,8-11,14,18H,2,6-7,12-13,15-16H2,1H3,(H,25,27)(H2,22,23,24). The van der Waals surface area contributed by atoms with Crippen LogP contribution < -0.4 is 16.0 Å². The van der Waals surface area contributed by atoms with Crippen molar-refractivity contribution in [3.05, 3.63) is 52.7 Å². The van der Waals surface area contributed by atoms with Gasteiger partial charge in [-0.3, -0.25) is 9.69 Å². The molecule has 7 heteroatoms. The average Bonchev–Trinajstić information content (AvgIpc) is 3.42. The summed E-state index contributed by atoms with van der Waals surface area (Å²) in [7, 11) is 0. The number of anilines is 1. The molecule has 1 aromatic heterocycles. The largest absolute Gasteiger partial charge is 0.357 e. The molecular weight excluding hydrogens is 370 g/mol. The molecule has 1 atom stereocenters. The van der Waals surface area contributed by atoms with E-state index in [2.05, 4.69) is 43.4 Å². The van der Waals surface area contributed by atoms with Crippen molar-refractivity contribution in [2.75, 3.05) is 38.0 Å². The zero-order valence-electron chi connectivity index (χ0n) is 16.4. The molecule has 6 nitrogen and oxygen atoms in total. The maximum atomic E-state index is 12.2. The molecule has 1 aliphatic rings. The zero-order valence-corrected chi connectivity index (χ0v) is 17.2. The predicted octanol–water partition coefficient (Wildman–Crippen LogP) is 3.08. The summed E-state index contributed by atoms with van der Waals surface area (Å²) in [4.78, 5) is 20.5. The van der Waals surface area contributed by atoms with E-state index >= 15 is 0 Å². The SMILES string of the molecule is CCNC(=NCC(=O)Nc1ccccc1)NCC(c1cccs1)N1CCCC1. The number of aliphatic imine (C=N–C) groups is 1. The van der Waals surface area contributed by atoms with Gasteiger partial charge in [0.25, 0.3) is 0 Å². The van der Waals surface area contributed by atoms with Crippen LogP contribution in [0.5, 0.6) is 0 Å². The number of thiophene rings is 1. The van der Waals surface area contributed by atoms with Crippen LogP contribution >= 0.6 is 11.3 Å². The van der Waals surface area contributed by atoms with Gasteiger partial charge in [-0.15, -0.1) is 11.3 Å². The highest BCUT2D eigenvalue weighted by atomic mass is 32.1. The minimum atomic E-state index is -0.127. The molecule has 1 amide bonds. The van der Waals surface area contributed by atoms with E-state index in [1.54, 1.807) is 11.3 Å². The van der Waals surface area contributed by atoms with Crippen LogP contribution in [0.4, 0.5) is 5.69 Å². The number of guanidine groups is 1. The molecular formula is C21H29N5OS. The molecule has 1 unspecified atom stereocenters. The summed E-state index contributed by atoms with van der Waals surface area (Å²) in [5.74, 6) is 0.546. The number of para-hydroxylation sites is 1. The van der Waals surface area contributed by atoms with Crippen LogP contribution in [0.15, 0.2) is 52.8 Å². The Morgan fingerprint density at radius 3 is 2.61 bits per heavy atom. The summed E-state index contributed by atoms with van der Waals surface area (Å²) in [5, 5.41) is 11.7. The van der Waals surface area contributed by atoms with Crippen molar-refractivity contribution >= 4 is 28.9 Å². The Balaban J connectivity index is 1.57. The molecule has 3 rings (SSSR count). The van der Waals surface area contributed by atoms with Gasteiger partial charge in [-0.1, -0.05) is 24.3 Å². The van der Waals surface area contributed by atoms with E-state index < -0.39 is 0 Å². The van der Waals surface area contributed by atoms with E-state index in [-0.39, 0.29) is 12.5 Å². The fourth-order valence-corrected chi connectivity index (χ4v) is 4.21. The average molecular weight is 400 g/mol. The molecule has 0 saturated carbocycles. The number of benzene rings is 1. The number of hydrogen-bond acceptors (Lipinski definition) is 4. The summed E-state index contributed by atoms with van der Waals surface area (Å²) in [6.45, 7) is 5.90. The monoisotopic (exact) mass is 399 g/mol. The smallest absolute Gasteiger partial charge is 0.246 e. The third kappa shape index (κ3) is 6.07. The van der Waals surface area contributed by atoms with E-state index in [1.165, 1.54) is 17.7 Å². The van der Waals surface area contributed by atoms with Crippen LogP contribution in [-0.4, -0.2) is 49.5 Å². The normalized spacial score (nSPS) is 16.0. The number of carbonyl (C=O) groups excluding carboxylic acids is 1. The van der Waals surface area contributed by atoms with Crippen LogP contribution in [0.1, 0.15) is 30.7 Å². The van der Waals surface area contributed by atoms with Crippen LogP contribution in [0.25, 0.3) is 0 Å². The fraction of sp³-hybridized carbons (Fsp3) is 0.429. The van der Waals surface area contributed by atoms with Crippen molar-refractivity contribution in [3.8, 4) is 0 Å². The van der Waals surface area contributed by atoms with E-state index in [1.807, 2.05) is 37.3 Å². The van der Waals surface area contributed by atoms with Gasteiger partial charge in [-0.25, -0.2) is 4.99 Å². The lowest BCUT2D eigenvalue weighted by Crippen LogP contribution is -2.43. The lowest BCUT2D eigenvalue weighted by Gasteiger charge is -2.27. The van der Waals surface area contributed by atoms with Gasteiger partial charge in [0.2, 0.25) is 5.91 Å². The molecule has 1 saturated heterocycles. The Hall–Kier alpha value is -2.38. The van der Waals surface area contributed by atoms with Gasteiger partial charge in [0, 0.05) is 23.7 Å². The number of rotatable bonds is 8. The van der Waals surface area contributed by atoms with E-state index in [4.69, 9.17) is 0 Å². The molecule has 1 aliphatic heterocycles. The Kier molecular flexibility index (Phi) is 7.87.